The van der Waals surface area contributed by atoms with Gasteiger partial charge >= 0.3 is 0 Å². The van der Waals surface area contributed by atoms with Gasteiger partial charge in [0.15, 0.2) is 0 Å². The molecule has 6 nitrogen and oxygen atoms in total. The van der Waals surface area contributed by atoms with E-state index in [1.165, 1.54) is 11.0 Å². The van der Waals surface area contributed by atoms with Crippen LogP contribution in [0.3, 0.4) is 0 Å². The number of benzene rings is 2. The van der Waals surface area contributed by atoms with Gasteiger partial charge in [0.1, 0.15) is 11.5 Å². The van der Waals surface area contributed by atoms with Gasteiger partial charge in [0, 0.05) is 17.1 Å². The van der Waals surface area contributed by atoms with E-state index in [2.05, 4.69) is 18.7 Å². The number of Topliss-reactive ketones (excluding diaryl/α,β-unsaturated/α-hetero) is 1. The third kappa shape index (κ3) is 5.57. The number of carbonyl (C=O) groups is 2. The molecule has 182 valence electrons. The molecule has 2 aromatic rings. The Hall–Kier alpha value is -2.54. The van der Waals surface area contributed by atoms with Gasteiger partial charge in [0.2, 0.25) is 0 Å². The van der Waals surface area contributed by atoms with E-state index in [9.17, 15) is 14.7 Å². The molecule has 3 rings (SSSR count). The molecule has 1 fully saturated rings. The summed E-state index contributed by atoms with van der Waals surface area (Å²) in [5, 5.41) is 12.0. The van der Waals surface area contributed by atoms with Gasteiger partial charge in [0.05, 0.1) is 23.2 Å². The molecular weight excluding hydrogens is 475 g/mol. The largest absolute Gasteiger partial charge is 0.507 e. The molecule has 0 saturated carbocycles. The molecule has 1 heterocycles. The number of rotatable bonds is 10. The van der Waals surface area contributed by atoms with Crippen LogP contribution in [-0.2, 0) is 9.59 Å². The SMILES string of the molecule is CCOc1ccc(/C(O)=C2\C(=O)C(=O)N(CCCN(CC)CC)[C@@H]2c2ccc(Cl)cc2)cc1Cl. The Morgan fingerprint density at radius 1 is 1.06 bits per heavy atom. The summed E-state index contributed by atoms with van der Waals surface area (Å²) in [6.07, 6.45) is 0.702. The van der Waals surface area contributed by atoms with Crippen molar-refractivity contribution >= 4 is 40.7 Å². The summed E-state index contributed by atoms with van der Waals surface area (Å²) in [5.41, 5.74) is 1.08. The first kappa shape index (κ1) is 26.1. The number of ketones is 1. The second-order valence-electron chi connectivity index (χ2n) is 8.00. The second-order valence-corrected chi connectivity index (χ2v) is 8.85. The average molecular weight is 505 g/mol. The van der Waals surface area contributed by atoms with Crippen LogP contribution in [0, 0.1) is 0 Å². The molecule has 0 spiro atoms. The fourth-order valence-electron chi connectivity index (χ4n) is 4.18. The quantitative estimate of drug-likeness (QED) is 0.261. The molecule has 2 aromatic carbocycles. The van der Waals surface area contributed by atoms with Gasteiger partial charge in [0.25, 0.3) is 11.7 Å². The van der Waals surface area contributed by atoms with Crippen LogP contribution >= 0.6 is 23.2 Å². The van der Waals surface area contributed by atoms with Crippen LogP contribution in [0.4, 0.5) is 0 Å². The molecule has 1 aliphatic heterocycles. The van der Waals surface area contributed by atoms with Gasteiger partial charge in [-0.25, -0.2) is 0 Å². The van der Waals surface area contributed by atoms with Crippen molar-refractivity contribution in [1.29, 1.82) is 0 Å². The third-order valence-electron chi connectivity index (χ3n) is 6.00. The number of carbonyl (C=O) groups excluding carboxylic acids is 2. The molecule has 0 aliphatic carbocycles. The summed E-state index contributed by atoms with van der Waals surface area (Å²) < 4.78 is 5.46. The lowest BCUT2D eigenvalue weighted by Crippen LogP contribution is -2.33. The number of hydrogen-bond donors (Lipinski definition) is 1. The molecule has 1 aliphatic rings. The lowest BCUT2D eigenvalue weighted by atomic mass is 9.95. The average Bonchev–Trinajstić information content (AvgIpc) is 3.08. The minimum absolute atomic E-state index is 0.0374. The summed E-state index contributed by atoms with van der Waals surface area (Å²) in [5.74, 6) is -1.13. The Morgan fingerprint density at radius 2 is 1.74 bits per heavy atom. The van der Waals surface area contributed by atoms with Crippen LogP contribution in [0.15, 0.2) is 48.0 Å². The summed E-state index contributed by atoms with van der Waals surface area (Å²) in [4.78, 5) is 30.0. The first-order chi connectivity index (χ1) is 16.3. The van der Waals surface area contributed by atoms with Crippen LogP contribution < -0.4 is 4.74 Å². The molecule has 0 bridgehead atoms. The second kappa shape index (κ2) is 11.7. The summed E-state index contributed by atoms with van der Waals surface area (Å²) in [6, 6.07) is 11.0. The monoisotopic (exact) mass is 504 g/mol. The van der Waals surface area contributed by atoms with Crippen molar-refractivity contribution in [2.45, 2.75) is 33.2 Å². The highest BCUT2D eigenvalue weighted by atomic mass is 35.5. The minimum atomic E-state index is -0.723. The smallest absolute Gasteiger partial charge is 0.295 e. The van der Waals surface area contributed by atoms with E-state index >= 15 is 0 Å². The lowest BCUT2D eigenvalue weighted by Gasteiger charge is -2.27. The van der Waals surface area contributed by atoms with Crippen LogP contribution in [0.1, 0.15) is 44.4 Å². The molecule has 1 N–H and O–H groups in total. The zero-order chi connectivity index (χ0) is 24.8. The van der Waals surface area contributed by atoms with E-state index in [4.69, 9.17) is 27.9 Å². The van der Waals surface area contributed by atoms with Gasteiger partial charge in [-0.1, -0.05) is 49.2 Å². The van der Waals surface area contributed by atoms with E-state index in [1.54, 1.807) is 36.4 Å². The number of nitrogens with zero attached hydrogens (tertiary/aromatic N) is 2. The number of hydrogen-bond acceptors (Lipinski definition) is 5. The summed E-state index contributed by atoms with van der Waals surface area (Å²) in [7, 11) is 0. The van der Waals surface area contributed by atoms with Crippen LogP contribution in [-0.4, -0.2) is 59.4 Å². The fourth-order valence-corrected chi connectivity index (χ4v) is 4.54. The summed E-state index contributed by atoms with van der Waals surface area (Å²) >= 11 is 12.4. The van der Waals surface area contributed by atoms with Gasteiger partial charge < -0.3 is 19.6 Å². The van der Waals surface area contributed by atoms with E-state index in [0.717, 1.165) is 19.6 Å². The molecule has 34 heavy (non-hydrogen) atoms. The van der Waals surface area contributed by atoms with Crippen LogP contribution in [0.25, 0.3) is 5.76 Å². The topological polar surface area (TPSA) is 70.1 Å². The lowest BCUT2D eigenvalue weighted by molar-refractivity contribution is -0.140. The molecule has 0 unspecified atom stereocenters. The number of amides is 1. The van der Waals surface area contributed by atoms with Gasteiger partial charge in [-0.15, -0.1) is 0 Å². The van der Waals surface area contributed by atoms with E-state index in [0.29, 0.717) is 46.5 Å². The highest BCUT2D eigenvalue weighted by Crippen LogP contribution is 2.40. The number of aliphatic hydroxyl groups is 1. The van der Waals surface area contributed by atoms with Crippen molar-refractivity contribution in [2.75, 3.05) is 32.8 Å². The van der Waals surface area contributed by atoms with E-state index < -0.39 is 17.7 Å². The Morgan fingerprint density at radius 3 is 2.32 bits per heavy atom. The van der Waals surface area contributed by atoms with Crippen molar-refractivity contribution in [3.8, 4) is 5.75 Å². The normalized spacial score (nSPS) is 17.6. The highest BCUT2D eigenvalue weighted by molar-refractivity contribution is 6.46. The van der Waals surface area contributed by atoms with E-state index in [-0.39, 0.29) is 11.3 Å². The maximum absolute atomic E-state index is 13.1. The first-order valence-corrected chi connectivity index (χ1v) is 12.3. The van der Waals surface area contributed by atoms with Crippen molar-refractivity contribution in [3.05, 3.63) is 69.2 Å². The molecule has 1 amide bonds. The molecular formula is C26H30Cl2N2O4. The maximum Gasteiger partial charge on any atom is 0.295 e. The molecule has 1 atom stereocenters. The maximum atomic E-state index is 13.1. The zero-order valence-corrected chi connectivity index (χ0v) is 21.2. The predicted molar refractivity (Wildman–Crippen MR) is 135 cm³/mol. The van der Waals surface area contributed by atoms with Crippen molar-refractivity contribution in [3.63, 3.8) is 0 Å². The Labute approximate surface area is 210 Å². The molecule has 0 aromatic heterocycles. The van der Waals surface area contributed by atoms with Crippen LogP contribution in [0.2, 0.25) is 10.0 Å². The molecule has 1 saturated heterocycles. The number of aliphatic hydroxyl groups excluding tert-OH is 1. The molecule has 8 heteroatoms. The predicted octanol–water partition coefficient (Wildman–Crippen LogP) is 5.55. The number of halogens is 2. The summed E-state index contributed by atoms with van der Waals surface area (Å²) in [6.45, 7) is 9.48. The van der Waals surface area contributed by atoms with Gasteiger partial charge in [-0.3, -0.25) is 9.59 Å². The fraction of sp³-hybridized carbons (Fsp3) is 0.385. The Balaban J connectivity index is 2.03. The van der Waals surface area contributed by atoms with Gasteiger partial charge in [-0.05, 0) is 68.9 Å². The van der Waals surface area contributed by atoms with Crippen molar-refractivity contribution in [2.24, 2.45) is 0 Å². The minimum Gasteiger partial charge on any atom is -0.507 e. The van der Waals surface area contributed by atoms with Gasteiger partial charge in [-0.2, -0.15) is 0 Å². The Bertz CT molecular complexity index is 1060. The third-order valence-corrected chi connectivity index (χ3v) is 6.55. The highest BCUT2D eigenvalue weighted by Gasteiger charge is 2.45. The standard InChI is InChI=1S/C26H30Cl2N2O4/c1-4-29(5-2)14-7-15-30-23(17-8-11-19(27)12-9-17)22(25(32)26(30)33)24(31)18-10-13-21(34-6-3)20(28)16-18/h8-13,16,23,31H,4-7,14-15H2,1-3H3/b24-22+/t23-/m1/s1. The molecule has 0 radical (unpaired) electrons. The number of ether oxygens (including phenoxy) is 1. The van der Waals surface area contributed by atoms with Crippen LogP contribution in [0.5, 0.6) is 5.75 Å². The Kier molecular flexibility index (Phi) is 9.00. The van der Waals surface area contributed by atoms with E-state index in [1.807, 2.05) is 6.92 Å². The number of likely N-dealkylation sites (tertiary alicyclic amines) is 1. The van der Waals surface area contributed by atoms with Crippen molar-refractivity contribution < 1.29 is 19.4 Å². The zero-order valence-electron chi connectivity index (χ0n) is 19.7. The first-order valence-electron chi connectivity index (χ1n) is 11.5. The van der Waals surface area contributed by atoms with Crippen molar-refractivity contribution in [1.82, 2.24) is 9.80 Å².